The summed E-state index contributed by atoms with van der Waals surface area (Å²) in [5.41, 5.74) is 0.982. The van der Waals surface area contributed by atoms with Crippen molar-refractivity contribution in [2.45, 2.75) is 6.10 Å². The molecule has 114 valence electrons. The molecule has 7 heteroatoms. The molecule has 0 aliphatic carbocycles. The van der Waals surface area contributed by atoms with Crippen LogP contribution in [0.3, 0.4) is 0 Å². The Morgan fingerprint density at radius 1 is 1.27 bits per heavy atom. The van der Waals surface area contributed by atoms with Gasteiger partial charge in [-0.2, -0.15) is 0 Å². The van der Waals surface area contributed by atoms with Crippen molar-refractivity contribution in [3.05, 3.63) is 73.3 Å². The van der Waals surface area contributed by atoms with Crippen molar-refractivity contribution in [1.82, 2.24) is 5.32 Å². The number of rotatable bonds is 5. The van der Waals surface area contributed by atoms with Crippen LogP contribution in [0, 0.1) is 13.7 Å². The molecule has 2 N–H and O–H groups in total. The van der Waals surface area contributed by atoms with Crippen molar-refractivity contribution >= 4 is 34.2 Å². The topological polar surface area (TPSA) is 92.5 Å². The lowest BCUT2D eigenvalue weighted by atomic mass is 10.1. The van der Waals surface area contributed by atoms with Gasteiger partial charge in [-0.15, -0.1) is 0 Å². The van der Waals surface area contributed by atoms with E-state index in [1.54, 1.807) is 18.2 Å². The van der Waals surface area contributed by atoms with Gasteiger partial charge < -0.3 is 10.4 Å². The monoisotopic (exact) mass is 412 g/mol. The Balaban J connectivity index is 1.96. The lowest BCUT2D eigenvalue weighted by Crippen LogP contribution is -2.28. The molecule has 0 aliphatic rings. The zero-order chi connectivity index (χ0) is 16.1. The fraction of sp³-hybridized carbons (Fsp3) is 0.133. The van der Waals surface area contributed by atoms with Crippen molar-refractivity contribution in [3.8, 4) is 0 Å². The van der Waals surface area contributed by atoms with E-state index >= 15 is 0 Å². The highest BCUT2D eigenvalue weighted by Crippen LogP contribution is 2.17. The first-order valence-corrected chi connectivity index (χ1v) is 7.51. The predicted molar refractivity (Wildman–Crippen MR) is 89.5 cm³/mol. The Bertz CT molecular complexity index is 688. The maximum atomic E-state index is 12.0. The number of nitrogens with one attached hydrogen (secondary N) is 1. The van der Waals surface area contributed by atoms with Gasteiger partial charge in [-0.1, -0.05) is 6.07 Å². The third kappa shape index (κ3) is 4.25. The number of nitro benzene ring substituents is 1. The van der Waals surface area contributed by atoms with Crippen LogP contribution in [0.2, 0.25) is 0 Å². The number of non-ortho nitro benzene ring substituents is 1. The smallest absolute Gasteiger partial charge is 0.269 e. The normalized spacial score (nSPS) is 11.7. The minimum absolute atomic E-state index is 0.0299. The molecule has 0 spiro atoms. The van der Waals surface area contributed by atoms with Gasteiger partial charge in [0.25, 0.3) is 11.6 Å². The van der Waals surface area contributed by atoms with E-state index in [-0.39, 0.29) is 18.1 Å². The molecular weight excluding hydrogens is 399 g/mol. The molecule has 0 heterocycles. The maximum absolute atomic E-state index is 12.0. The quantitative estimate of drug-likeness (QED) is 0.449. The van der Waals surface area contributed by atoms with E-state index in [1.165, 1.54) is 24.3 Å². The first-order chi connectivity index (χ1) is 10.5. The number of amides is 1. The van der Waals surface area contributed by atoms with E-state index in [0.717, 1.165) is 3.57 Å². The summed E-state index contributed by atoms with van der Waals surface area (Å²) in [5, 5.41) is 23.2. The molecule has 6 nitrogen and oxygen atoms in total. The van der Waals surface area contributed by atoms with E-state index < -0.39 is 11.0 Å². The van der Waals surface area contributed by atoms with Gasteiger partial charge >= 0.3 is 0 Å². The molecule has 0 aliphatic heterocycles. The number of nitro groups is 1. The van der Waals surface area contributed by atoms with E-state index in [2.05, 4.69) is 27.9 Å². The zero-order valence-corrected chi connectivity index (χ0v) is 13.6. The number of aliphatic hydroxyl groups is 1. The summed E-state index contributed by atoms with van der Waals surface area (Å²) in [6, 6.07) is 12.7. The number of carbonyl (C=O) groups is 1. The van der Waals surface area contributed by atoms with Crippen molar-refractivity contribution in [2.24, 2.45) is 0 Å². The summed E-state index contributed by atoms with van der Waals surface area (Å²) in [6.45, 7) is 0.0299. The summed E-state index contributed by atoms with van der Waals surface area (Å²) in [4.78, 5) is 22.0. The molecule has 2 rings (SSSR count). The molecule has 0 saturated carbocycles. The van der Waals surface area contributed by atoms with Crippen molar-refractivity contribution in [3.63, 3.8) is 0 Å². The molecule has 1 amide bonds. The largest absolute Gasteiger partial charge is 0.387 e. The third-order valence-electron chi connectivity index (χ3n) is 3.03. The molecule has 0 aromatic heterocycles. The molecule has 0 saturated heterocycles. The minimum atomic E-state index is -0.924. The predicted octanol–water partition coefficient (Wildman–Crippen LogP) is 2.66. The van der Waals surface area contributed by atoms with Crippen LogP contribution in [0.15, 0.2) is 48.5 Å². The Morgan fingerprint density at radius 3 is 2.55 bits per heavy atom. The second-order valence-corrected chi connectivity index (χ2v) is 5.83. The Kier molecular flexibility index (Phi) is 5.45. The third-order valence-corrected chi connectivity index (χ3v) is 3.70. The minimum Gasteiger partial charge on any atom is -0.387 e. The van der Waals surface area contributed by atoms with Crippen LogP contribution in [0.4, 0.5) is 5.69 Å². The fourth-order valence-corrected chi connectivity index (χ4v) is 2.40. The SMILES string of the molecule is O=C(NCC(O)c1ccc([N+](=O)[O-])cc1)c1cccc(I)c1. The van der Waals surface area contributed by atoms with Crippen LogP contribution in [-0.2, 0) is 0 Å². The fourth-order valence-electron chi connectivity index (χ4n) is 1.86. The van der Waals surface area contributed by atoms with Crippen molar-refractivity contribution in [2.75, 3.05) is 6.54 Å². The molecule has 1 atom stereocenters. The maximum Gasteiger partial charge on any atom is 0.269 e. The lowest BCUT2D eigenvalue weighted by molar-refractivity contribution is -0.384. The molecule has 2 aromatic carbocycles. The van der Waals surface area contributed by atoms with Gasteiger partial charge in [0.1, 0.15) is 0 Å². The summed E-state index contributed by atoms with van der Waals surface area (Å²) >= 11 is 2.11. The highest BCUT2D eigenvalue weighted by molar-refractivity contribution is 14.1. The van der Waals surface area contributed by atoms with Gasteiger partial charge in [-0.3, -0.25) is 14.9 Å². The van der Waals surface area contributed by atoms with E-state index in [0.29, 0.717) is 11.1 Å². The molecule has 1 unspecified atom stereocenters. The van der Waals surface area contributed by atoms with Gasteiger partial charge in [0, 0.05) is 27.8 Å². The van der Waals surface area contributed by atoms with Crippen LogP contribution < -0.4 is 5.32 Å². The molecule has 22 heavy (non-hydrogen) atoms. The molecular formula is C15H13IN2O4. The molecule has 0 fully saturated rings. The number of hydrogen-bond acceptors (Lipinski definition) is 4. The van der Waals surface area contributed by atoms with Gasteiger partial charge in [-0.05, 0) is 58.5 Å². The number of hydrogen-bond donors (Lipinski definition) is 2. The lowest BCUT2D eigenvalue weighted by Gasteiger charge is -2.12. The van der Waals surface area contributed by atoms with Crippen LogP contribution in [0.5, 0.6) is 0 Å². The van der Waals surface area contributed by atoms with E-state index in [1.807, 2.05) is 6.07 Å². The first kappa shape index (κ1) is 16.4. The molecule has 0 bridgehead atoms. The van der Waals surface area contributed by atoms with Gasteiger partial charge in [0.2, 0.25) is 0 Å². The first-order valence-electron chi connectivity index (χ1n) is 6.43. The Hall–Kier alpha value is -2.00. The van der Waals surface area contributed by atoms with Crippen LogP contribution >= 0.6 is 22.6 Å². The highest BCUT2D eigenvalue weighted by atomic mass is 127. The average Bonchev–Trinajstić information content (AvgIpc) is 2.52. The number of nitrogens with zero attached hydrogens (tertiary/aromatic N) is 1. The van der Waals surface area contributed by atoms with E-state index in [4.69, 9.17) is 0 Å². The Morgan fingerprint density at radius 2 is 1.95 bits per heavy atom. The van der Waals surface area contributed by atoms with Crippen molar-refractivity contribution < 1.29 is 14.8 Å². The van der Waals surface area contributed by atoms with Crippen LogP contribution in [-0.4, -0.2) is 22.5 Å². The summed E-state index contributed by atoms with van der Waals surface area (Å²) < 4.78 is 0.946. The second kappa shape index (κ2) is 7.32. The summed E-state index contributed by atoms with van der Waals surface area (Å²) in [6.07, 6.45) is -0.924. The molecule has 2 aromatic rings. The van der Waals surface area contributed by atoms with Gasteiger partial charge in [-0.25, -0.2) is 0 Å². The number of carbonyl (C=O) groups excluding carboxylic acids is 1. The zero-order valence-electron chi connectivity index (χ0n) is 11.4. The van der Waals surface area contributed by atoms with Crippen molar-refractivity contribution in [1.29, 1.82) is 0 Å². The second-order valence-electron chi connectivity index (χ2n) is 4.58. The number of aliphatic hydroxyl groups excluding tert-OH is 1. The number of benzene rings is 2. The highest BCUT2D eigenvalue weighted by Gasteiger charge is 2.12. The Labute approximate surface area is 140 Å². The van der Waals surface area contributed by atoms with E-state index in [9.17, 15) is 20.0 Å². The number of halogens is 1. The van der Waals surface area contributed by atoms with Crippen LogP contribution in [0.1, 0.15) is 22.0 Å². The summed E-state index contributed by atoms with van der Waals surface area (Å²) in [5.74, 6) is -0.278. The van der Waals surface area contributed by atoms with Gasteiger partial charge in [0.15, 0.2) is 0 Å². The van der Waals surface area contributed by atoms with Crippen LogP contribution in [0.25, 0.3) is 0 Å². The summed E-state index contributed by atoms with van der Waals surface area (Å²) in [7, 11) is 0. The van der Waals surface area contributed by atoms with Gasteiger partial charge in [0.05, 0.1) is 11.0 Å². The molecule has 0 radical (unpaired) electrons. The average molecular weight is 412 g/mol. The standard InChI is InChI=1S/C15H13IN2O4/c16-12-3-1-2-11(8-12)15(20)17-9-14(19)10-4-6-13(7-5-10)18(21)22/h1-8,14,19H,9H2,(H,17,20).